The van der Waals surface area contributed by atoms with Gasteiger partial charge in [0.15, 0.2) is 0 Å². The van der Waals surface area contributed by atoms with Gasteiger partial charge in [0.25, 0.3) is 11.8 Å². The zero-order valence-electron chi connectivity index (χ0n) is 18.7. The first kappa shape index (κ1) is 21.4. The van der Waals surface area contributed by atoms with Crippen molar-refractivity contribution in [1.29, 1.82) is 0 Å². The van der Waals surface area contributed by atoms with Crippen molar-refractivity contribution in [2.75, 3.05) is 36.4 Å². The number of hydrogen-bond donors (Lipinski definition) is 1. The molecule has 2 saturated heterocycles. The number of anilines is 2. The molecule has 0 radical (unpaired) electrons. The first-order chi connectivity index (χ1) is 15.0. The lowest BCUT2D eigenvalue weighted by atomic mass is 9.97. The third-order valence-electron chi connectivity index (χ3n) is 6.57. The van der Waals surface area contributed by atoms with Crippen molar-refractivity contribution in [2.45, 2.75) is 46.0 Å². The van der Waals surface area contributed by atoms with Crippen LogP contribution in [0.25, 0.3) is 0 Å². The maximum absolute atomic E-state index is 13.5. The molecule has 5 nitrogen and oxygen atoms in total. The highest BCUT2D eigenvalue weighted by Gasteiger charge is 2.25. The van der Waals surface area contributed by atoms with Crippen molar-refractivity contribution in [3.8, 4) is 0 Å². The highest BCUT2D eigenvalue weighted by atomic mass is 16.2. The predicted octanol–water partition coefficient (Wildman–Crippen LogP) is 5.11. The van der Waals surface area contributed by atoms with Gasteiger partial charge >= 0.3 is 0 Å². The minimum Gasteiger partial charge on any atom is -0.371 e. The zero-order chi connectivity index (χ0) is 21.8. The second-order valence-corrected chi connectivity index (χ2v) is 9.07. The van der Waals surface area contributed by atoms with E-state index in [2.05, 4.69) is 17.1 Å². The SMILES string of the molecule is Cc1ccc(C(=O)Nc2ccc(N3CCC(C)CC3)c(C(=O)N3CCCCC3)c2)cc1. The van der Waals surface area contributed by atoms with Crippen molar-refractivity contribution in [1.82, 2.24) is 4.90 Å². The fourth-order valence-corrected chi connectivity index (χ4v) is 4.49. The van der Waals surface area contributed by atoms with Crippen molar-refractivity contribution < 1.29 is 9.59 Å². The molecule has 0 saturated carbocycles. The molecule has 2 aliphatic heterocycles. The van der Waals surface area contributed by atoms with Gasteiger partial charge in [0, 0.05) is 43.1 Å². The van der Waals surface area contributed by atoms with E-state index in [4.69, 9.17) is 0 Å². The summed E-state index contributed by atoms with van der Waals surface area (Å²) in [6, 6.07) is 13.3. The Labute approximate surface area is 185 Å². The highest BCUT2D eigenvalue weighted by Crippen LogP contribution is 2.30. The van der Waals surface area contributed by atoms with Gasteiger partial charge in [-0.2, -0.15) is 0 Å². The summed E-state index contributed by atoms with van der Waals surface area (Å²) in [5.74, 6) is 0.654. The Balaban J connectivity index is 1.60. The number of carbonyl (C=O) groups is 2. The van der Waals surface area contributed by atoms with E-state index in [-0.39, 0.29) is 11.8 Å². The second-order valence-electron chi connectivity index (χ2n) is 9.07. The molecule has 0 spiro atoms. The molecule has 2 heterocycles. The Morgan fingerprint density at radius 2 is 1.58 bits per heavy atom. The number of amides is 2. The summed E-state index contributed by atoms with van der Waals surface area (Å²) in [5, 5.41) is 2.98. The molecule has 5 heteroatoms. The number of likely N-dealkylation sites (tertiary alicyclic amines) is 1. The molecule has 0 unspecified atom stereocenters. The topological polar surface area (TPSA) is 52.7 Å². The van der Waals surface area contributed by atoms with Crippen molar-refractivity contribution >= 4 is 23.2 Å². The molecule has 4 rings (SSSR count). The molecular formula is C26H33N3O2. The largest absolute Gasteiger partial charge is 0.371 e. The molecule has 164 valence electrons. The fourth-order valence-electron chi connectivity index (χ4n) is 4.49. The van der Waals surface area contributed by atoms with E-state index in [1.807, 2.05) is 54.3 Å². The Morgan fingerprint density at radius 3 is 2.26 bits per heavy atom. The van der Waals surface area contributed by atoms with Crippen molar-refractivity contribution in [3.63, 3.8) is 0 Å². The third-order valence-corrected chi connectivity index (χ3v) is 6.57. The molecule has 0 aliphatic carbocycles. The molecule has 0 atom stereocenters. The van der Waals surface area contributed by atoms with E-state index >= 15 is 0 Å². The third kappa shape index (κ3) is 5.09. The molecule has 2 aromatic rings. The van der Waals surface area contributed by atoms with E-state index in [9.17, 15) is 9.59 Å². The Kier molecular flexibility index (Phi) is 6.59. The summed E-state index contributed by atoms with van der Waals surface area (Å²) in [6.07, 6.45) is 5.60. The van der Waals surface area contributed by atoms with Gasteiger partial charge in [-0.25, -0.2) is 0 Å². The van der Waals surface area contributed by atoms with E-state index < -0.39 is 0 Å². The molecule has 2 aliphatic rings. The number of aryl methyl sites for hydroxylation is 1. The van der Waals surface area contributed by atoms with Crippen LogP contribution in [0.3, 0.4) is 0 Å². The zero-order valence-corrected chi connectivity index (χ0v) is 18.7. The number of carbonyl (C=O) groups excluding carboxylic acids is 2. The summed E-state index contributed by atoms with van der Waals surface area (Å²) in [5.41, 5.74) is 4.10. The lowest BCUT2D eigenvalue weighted by Gasteiger charge is -2.35. The van der Waals surface area contributed by atoms with Crippen LogP contribution in [-0.2, 0) is 0 Å². The van der Waals surface area contributed by atoms with Crippen LogP contribution >= 0.6 is 0 Å². The molecule has 0 aromatic heterocycles. The van der Waals surface area contributed by atoms with Gasteiger partial charge < -0.3 is 15.1 Å². The number of nitrogens with one attached hydrogen (secondary N) is 1. The predicted molar refractivity (Wildman–Crippen MR) is 126 cm³/mol. The number of piperidine rings is 2. The first-order valence-corrected chi connectivity index (χ1v) is 11.6. The van der Waals surface area contributed by atoms with E-state index in [0.29, 0.717) is 16.8 Å². The summed E-state index contributed by atoms with van der Waals surface area (Å²) in [7, 11) is 0. The van der Waals surface area contributed by atoms with Crippen molar-refractivity contribution in [3.05, 3.63) is 59.2 Å². The monoisotopic (exact) mass is 419 g/mol. The van der Waals surface area contributed by atoms with Crippen LogP contribution in [0.15, 0.2) is 42.5 Å². The van der Waals surface area contributed by atoms with Gasteiger partial charge in [0.05, 0.1) is 5.56 Å². The van der Waals surface area contributed by atoms with E-state index in [1.165, 1.54) is 6.42 Å². The van der Waals surface area contributed by atoms with Gasteiger partial charge in [-0.05, 0) is 75.3 Å². The molecular weight excluding hydrogens is 386 g/mol. The lowest BCUT2D eigenvalue weighted by Crippen LogP contribution is -2.38. The van der Waals surface area contributed by atoms with Crippen LogP contribution in [-0.4, -0.2) is 42.9 Å². The van der Waals surface area contributed by atoms with Gasteiger partial charge in [0.2, 0.25) is 0 Å². The number of benzene rings is 2. The van der Waals surface area contributed by atoms with Gasteiger partial charge in [-0.1, -0.05) is 24.6 Å². The van der Waals surface area contributed by atoms with Gasteiger partial charge in [0.1, 0.15) is 0 Å². The second kappa shape index (κ2) is 9.54. The summed E-state index contributed by atoms with van der Waals surface area (Å²) < 4.78 is 0. The minimum absolute atomic E-state index is 0.0831. The summed E-state index contributed by atoms with van der Waals surface area (Å²) >= 11 is 0. The fraction of sp³-hybridized carbons (Fsp3) is 0.462. The summed E-state index contributed by atoms with van der Waals surface area (Å²) in [6.45, 7) is 7.86. The van der Waals surface area contributed by atoms with E-state index in [0.717, 1.165) is 69.0 Å². The van der Waals surface area contributed by atoms with E-state index in [1.54, 1.807) is 0 Å². The maximum atomic E-state index is 13.5. The average Bonchev–Trinajstić information content (AvgIpc) is 2.80. The maximum Gasteiger partial charge on any atom is 0.256 e. The molecule has 31 heavy (non-hydrogen) atoms. The Morgan fingerprint density at radius 1 is 0.903 bits per heavy atom. The van der Waals surface area contributed by atoms with Crippen LogP contribution < -0.4 is 10.2 Å². The Hall–Kier alpha value is -2.82. The molecule has 2 fully saturated rings. The molecule has 2 amide bonds. The molecule has 0 bridgehead atoms. The van der Waals surface area contributed by atoms with Crippen LogP contribution in [0.1, 0.15) is 65.3 Å². The summed E-state index contributed by atoms with van der Waals surface area (Å²) in [4.78, 5) is 30.5. The lowest BCUT2D eigenvalue weighted by molar-refractivity contribution is 0.0724. The quantitative estimate of drug-likeness (QED) is 0.749. The minimum atomic E-state index is -0.157. The number of hydrogen-bond acceptors (Lipinski definition) is 3. The standard InChI is InChI=1S/C26H33N3O2/c1-19-6-8-21(9-7-19)25(30)27-22-10-11-24(28-16-12-20(2)13-17-28)23(18-22)26(31)29-14-4-3-5-15-29/h6-11,18,20H,3-5,12-17H2,1-2H3,(H,27,30). The highest BCUT2D eigenvalue weighted by molar-refractivity contribution is 6.06. The molecule has 1 N–H and O–H groups in total. The Bertz CT molecular complexity index is 924. The van der Waals surface area contributed by atoms with Gasteiger partial charge in [-0.3, -0.25) is 9.59 Å². The van der Waals surface area contributed by atoms with Crippen LogP contribution in [0.5, 0.6) is 0 Å². The van der Waals surface area contributed by atoms with Gasteiger partial charge in [-0.15, -0.1) is 0 Å². The smallest absolute Gasteiger partial charge is 0.256 e. The number of nitrogens with zero attached hydrogens (tertiary/aromatic N) is 2. The first-order valence-electron chi connectivity index (χ1n) is 11.6. The van der Waals surface area contributed by atoms with Crippen LogP contribution in [0.4, 0.5) is 11.4 Å². The molecule has 2 aromatic carbocycles. The normalized spacial score (nSPS) is 17.5. The number of rotatable bonds is 4. The van der Waals surface area contributed by atoms with Crippen LogP contribution in [0, 0.1) is 12.8 Å². The van der Waals surface area contributed by atoms with Crippen molar-refractivity contribution in [2.24, 2.45) is 5.92 Å². The van der Waals surface area contributed by atoms with Crippen LogP contribution in [0.2, 0.25) is 0 Å². The average molecular weight is 420 g/mol.